The van der Waals surface area contributed by atoms with Crippen LogP contribution in [0.15, 0.2) is 0 Å². The SMILES string of the molecule is O=C(CN1CCCS1(=O)=O)N1CC(O)C2(CC2)C1. The van der Waals surface area contributed by atoms with Gasteiger partial charge in [0, 0.05) is 25.0 Å². The van der Waals surface area contributed by atoms with Crippen molar-refractivity contribution in [3.63, 3.8) is 0 Å². The van der Waals surface area contributed by atoms with Gasteiger partial charge in [-0.1, -0.05) is 0 Å². The van der Waals surface area contributed by atoms with Crippen LogP contribution in [0.3, 0.4) is 0 Å². The average Bonchev–Trinajstić information content (AvgIpc) is 2.89. The number of aliphatic hydroxyl groups is 1. The van der Waals surface area contributed by atoms with Crippen molar-refractivity contribution in [1.29, 1.82) is 0 Å². The smallest absolute Gasteiger partial charge is 0.238 e. The molecule has 0 radical (unpaired) electrons. The van der Waals surface area contributed by atoms with Crippen LogP contribution < -0.4 is 0 Å². The van der Waals surface area contributed by atoms with Crippen molar-refractivity contribution in [2.24, 2.45) is 5.41 Å². The summed E-state index contributed by atoms with van der Waals surface area (Å²) in [6, 6.07) is 0. The van der Waals surface area contributed by atoms with Crippen LogP contribution in [0.5, 0.6) is 0 Å². The third-order valence-corrected chi connectivity index (χ3v) is 6.27. The van der Waals surface area contributed by atoms with Crippen LogP contribution in [-0.4, -0.2) is 66.7 Å². The van der Waals surface area contributed by atoms with Gasteiger partial charge in [-0.05, 0) is 19.3 Å². The Morgan fingerprint density at radius 2 is 2.11 bits per heavy atom. The van der Waals surface area contributed by atoms with Crippen molar-refractivity contribution in [1.82, 2.24) is 9.21 Å². The fraction of sp³-hybridized carbons (Fsp3) is 0.909. The summed E-state index contributed by atoms with van der Waals surface area (Å²) in [7, 11) is -3.22. The molecule has 6 nitrogen and oxygen atoms in total. The molecule has 1 saturated carbocycles. The van der Waals surface area contributed by atoms with Gasteiger partial charge in [0.1, 0.15) is 0 Å². The quantitative estimate of drug-likeness (QED) is 0.701. The zero-order chi connectivity index (χ0) is 13.0. The van der Waals surface area contributed by atoms with E-state index in [0.29, 0.717) is 26.1 Å². The fourth-order valence-corrected chi connectivity index (χ4v) is 4.38. The van der Waals surface area contributed by atoms with Gasteiger partial charge in [-0.2, -0.15) is 4.31 Å². The number of likely N-dealkylation sites (tertiary alicyclic amines) is 1. The molecule has 3 fully saturated rings. The lowest BCUT2D eigenvalue weighted by Crippen LogP contribution is -2.40. The molecule has 2 aliphatic heterocycles. The number of hydrogen-bond donors (Lipinski definition) is 1. The fourth-order valence-electron chi connectivity index (χ4n) is 2.91. The number of β-amino-alcohol motifs (C(OH)–C–C–N with tert-alkyl or cyclic N) is 1. The van der Waals surface area contributed by atoms with E-state index in [1.165, 1.54) is 4.31 Å². The average molecular weight is 274 g/mol. The molecule has 0 aromatic carbocycles. The number of carbonyl (C=O) groups excluding carboxylic acids is 1. The van der Waals surface area contributed by atoms with Gasteiger partial charge in [0.15, 0.2) is 0 Å². The number of hydrogen-bond acceptors (Lipinski definition) is 4. The van der Waals surface area contributed by atoms with Gasteiger partial charge in [-0.15, -0.1) is 0 Å². The first kappa shape index (κ1) is 12.4. The van der Waals surface area contributed by atoms with Crippen LogP contribution in [0.25, 0.3) is 0 Å². The van der Waals surface area contributed by atoms with Crippen LogP contribution in [0.4, 0.5) is 0 Å². The monoisotopic (exact) mass is 274 g/mol. The Kier molecular flexibility index (Phi) is 2.69. The van der Waals surface area contributed by atoms with E-state index in [0.717, 1.165) is 12.8 Å². The van der Waals surface area contributed by atoms with E-state index in [2.05, 4.69) is 0 Å². The largest absolute Gasteiger partial charge is 0.391 e. The summed E-state index contributed by atoms with van der Waals surface area (Å²) in [5, 5.41) is 9.88. The molecule has 0 aromatic heterocycles. The second-order valence-corrected chi connectivity index (χ2v) is 7.74. The van der Waals surface area contributed by atoms with Crippen molar-refractivity contribution in [2.75, 3.05) is 31.9 Å². The molecule has 1 N–H and O–H groups in total. The molecule has 3 rings (SSSR count). The van der Waals surface area contributed by atoms with E-state index in [-0.39, 0.29) is 23.6 Å². The van der Waals surface area contributed by atoms with E-state index in [4.69, 9.17) is 0 Å². The Bertz CT molecular complexity index is 471. The third-order valence-electron chi connectivity index (χ3n) is 4.37. The molecule has 0 aromatic rings. The molecule has 3 aliphatic rings. The molecule has 0 bridgehead atoms. The number of carbonyl (C=O) groups is 1. The van der Waals surface area contributed by atoms with E-state index in [1.54, 1.807) is 4.90 Å². The molecular formula is C11H18N2O4S. The molecular weight excluding hydrogens is 256 g/mol. The molecule has 1 atom stereocenters. The second-order valence-electron chi connectivity index (χ2n) is 5.66. The summed E-state index contributed by atoms with van der Waals surface area (Å²) < 4.78 is 24.5. The Balaban J connectivity index is 1.63. The highest BCUT2D eigenvalue weighted by atomic mass is 32.2. The summed E-state index contributed by atoms with van der Waals surface area (Å²) in [6.07, 6.45) is 2.11. The van der Waals surface area contributed by atoms with Gasteiger partial charge < -0.3 is 10.0 Å². The van der Waals surface area contributed by atoms with Crippen LogP contribution in [-0.2, 0) is 14.8 Å². The first-order valence-electron chi connectivity index (χ1n) is 6.37. The zero-order valence-corrected chi connectivity index (χ0v) is 11.0. The van der Waals surface area contributed by atoms with Crippen molar-refractivity contribution < 1.29 is 18.3 Å². The predicted molar refractivity (Wildman–Crippen MR) is 64.2 cm³/mol. The predicted octanol–water partition coefficient (Wildman–Crippen LogP) is -0.995. The molecule has 1 aliphatic carbocycles. The minimum atomic E-state index is -3.22. The van der Waals surface area contributed by atoms with Crippen molar-refractivity contribution in [3.05, 3.63) is 0 Å². The van der Waals surface area contributed by atoms with Crippen LogP contribution in [0.1, 0.15) is 19.3 Å². The lowest BCUT2D eigenvalue weighted by molar-refractivity contribution is -0.130. The summed E-state index contributed by atoms with van der Waals surface area (Å²) in [6.45, 7) is 1.31. The van der Waals surface area contributed by atoms with Crippen molar-refractivity contribution >= 4 is 15.9 Å². The number of aliphatic hydroxyl groups excluding tert-OH is 1. The maximum Gasteiger partial charge on any atom is 0.238 e. The van der Waals surface area contributed by atoms with E-state index in [9.17, 15) is 18.3 Å². The van der Waals surface area contributed by atoms with Crippen LogP contribution >= 0.6 is 0 Å². The summed E-state index contributed by atoms with van der Waals surface area (Å²) in [4.78, 5) is 13.7. The number of nitrogens with zero attached hydrogens (tertiary/aromatic N) is 2. The molecule has 2 heterocycles. The summed E-state index contributed by atoms with van der Waals surface area (Å²) in [5.74, 6) is -0.0318. The highest BCUT2D eigenvalue weighted by molar-refractivity contribution is 7.89. The van der Waals surface area contributed by atoms with Gasteiger partial charge >= 0.3 is 0 Å². The summed E-state index contributed by atoms with van der Waals surface area (Å²) in [5.41, 5.74) is -0.0699. The minimum Gasteiger partial charge on any atom is -0.391 e. The van der Waals surface area contributed by atoms with Gasteiger partial charge in [-0.25, -0.2) is 8.42 Å². The topological polar surface area (TPSA) is 77.9 Å². The highest BCUT2D eigenvalue weighted by Crippen LogP contribution is 2.52. The first-order chi connectivity index (χ1) is 8.43. The number of amides is 1. The lowest BCUT2D eigenvalue weighted by atomic mass is 10.0. The van der Waals surface area contributed by atoms with Crippen LogP contribution in [0, 0.1) is 5.41 Å². The van der Waals surface area contributed by atoms with Crippen molar-refractivity contribution in [2.45, 2.75) is 25.4 Å². The van der Waals surface area contributed by atoms with E-state index in [1.807, 2.05) is 0 Å². The molecule has 18 heavy (non-hydrogen) atoms. The third kappa shape index (κ3) is 1.94. The lowest BCUT2D eigenvalue weighted by Gasteiger charge is -2.20. The molecule has 102 valence electrons. The van der Waals surface area contributed by atoms with Gasteiger partial charge in [0.05, 0.1) is 18.4 Å². The van der Waals surface area contributed by atoms with Crippen LogP contribution in [0.2, 0.25) is 0 Å². The molecule has 1 spiro atoms. The first-order valence-corrected chi connectivity index (χ1v) is 7.98. The van der Waals surface area contributed by atoms with Gasteiger partial charge in [-0.3, -0.25) is 4.79 Å². The van der Waals surface area contributed by atoms with Crippen molar-refractivity contribution in [3.8, 4) is 0 Å². The normalized spacial score (nSPS) is 33.2. The van der Waals surface area contributed by atoms with Gasteiger partial charge in [0.25, 0.3) is 0 Å². The molecule has 1 amide bonds. The molecule has 2 saturated heterocycles. The van der Waals surface area contributed by atoms with E-state index < -0.39 is 16.1 Å². The number of rotatable bonds is 2. The Morgan fingerprint density at radius 3 is 2.61 bits per heavy atom. The van der Waals surface area contributed by atoms with E-state index >= 15 is 0 Å². The maximum absolute atomic E-state index is 12.1. The summed E-state index contributed by atoms with van der Waals surface area (Å²) >= 11 is 0. The minimum absolute atomic E-state index is 0.0644. The Morgan fingerprint density at radius 1 is 1.39 bits per heavy atom. The molecule has 7 heteroatoms. The zero-order valence-electron chi connectivity index (χ0n) is 10.2. The van der Waals surface area contributed by atoms with Gasteiger partial charge in [0.2, 0.25) is 15.9 Å². The standard InChI is InChI=1S/C11H18N2O4S/c14-9-6-12(8-11(9)2-3-11)10(15)7-13-4-1-5-18(13,16)17/h9,14H,1-8H2. The number of sulfonamides is 1. The Hall–Kier alpha value is -0.660. The maximum atomic E-state index is 12.1. The Labute approximate surface area is 107 Å². The highest BCUT2D eigenvalue weighted by Gasteiger charge is 2.55. The molecule has 1 unspecified atom stereocenters. The second kappa shape index (κ2) is 3.91.